The highest BCUT2D eigenvalue weighted by Crippen LogP contribution is 2.22. The summed E-state index contributed by atoms with van der Waals surface area (Å²) in [4.78, 5) is 25.9. The van der Waals surface area contributed by atoms with Crippen molar-refractivity contribution in [3.05, 3.63) is 58.9 Å². The van der Waals surface area contributed by atoms with Crippen LogP contribution in [0.4, 0.5) is 0 Å². The number of hydrogen-bond donors (Lipinski definition) is 1. The van der Waals surface area contributed by atoms with E-state index in [9.17, 15) is 9.59 Å². The van der Waals surface area contributed by atoms with Crippen LogP contribution in [0.1, 0.15) is 59.7 Å². The Morgan fingerprint density at radius 3 is 2.27 bits per heavy atom. The van der Waals surface area contributed by atoms with E-state index in [0.717, 1.165) is 5.56 Å². The van der Waals surface area contributed by atoms with Crippen molar-refractivity contribution >= 4 is 11.8 Å². The van der Waals surface area contributed by atoms with Crippen LogP contribution in [-0.4, -0.2) is 16.7 Å². The minimum absolute atomic E-state index is 0.0898. The van der Waals surface area contributed by atoms with E-state index in [-0.39, 0.29) is 23.5 Å². The molecule has 0 spiro atoms. The summed E-state index contributed by atoms with van der Waals surface area (Å²) in [5, 5.41) is 0. The van der Waals surface area contributed by atoms with Crippen LogP contribution in [0.25, 0.3) is 0 Å². The van der Waals surface area contributed by atoms with Gasteiger partial charge in [0, 0.05) is 11.8 Å². The van der Waals surface area contributed by atoms with E-state index in [0.29, 0.717) is 5.56 Å². The number of H-pyrrole nitrogens is 1. The van der Waals surface area contributed by atoms with Gasteiger partial charge >= 0.3 is 5.97 Å². The summed E-state index contributed by atoms with van der Waals surface area (Å²) in [6, 6.07) is 9.53. The number of ether oxygens (including phenoxy) is 1. The third-order valence-electron chi connectivity index (χ3n) is 3.50. The van der Waals surface area contributed by atoms with Crippen molar-refractivity contribution in [2.45, 2.75) is 39.7 Å². The lowest BCUT2D eigenvalue weighted by molar-refractivity contribution is 0.0466. The molecule has 2 rings (SSSR count). The van der Waals surface area contributed by atoms with Gasteiger partial charge in [-0.3, -0.25) is 4.79 Å². The molecule has 0 bridgehead atoms. The van der Waals surface area contributed by atoms with E-state index in [1.54, 1.807) is 0 Å². The van der Waals surface area contributed by atoms with Crippen molar-refractivity contribution in [2.75, 3.05) is 0 Å². The Hall–Kier alpha value is -2.36. The molecule has 0 fully saturated rings. The van der Waals surface area contributed by atoms with Gasteiger partial charge in [-0.05, 0) is 29.5 Å². The van der Waals surface area contributed by atoms with Gasteiger partial charge in [0.05, 0.1) is 0 Å². The van der Waals surface area contributed by atoms with Gasteiger partial charge in [-0.1, -0.05) is 45.0 Å². The molecule has 0 amide bonds. The second-order valence-corrected chi connectivity index (χ2v) is 6.38. The molecule has 0 saturated heterocycles. The highest BCUT2D eigenvalue weighted by Gasteiger charge is 2.14. The van der Waals surface area contributed by atoms with E-state index in [4.69, 9.17) is 4.74 Å². The van der Waals surface area contributed by atoms with Gasteiger partial charge in [0.25, 0.3) is 0 Å². The van der Waals surface area contributed by atoms with Crippen molar-refractivity contribution in [3.8, 4) is 0 Å². The zero-order chi connectivity index (χ0) is 16.3. The van der Waals surface area contributed by atoms with Crippen molar-refractivity contribution in [2.24, 2.45) is 0 Å². The maximum absolute atomic E-state index is 11.9. The molecule has 0 radical (unpaired) electrons. The summed E-state index contributed by atoms with van der Waals surface area (Å²) in [5.74, 6) is -0.555. The number of aromatic amines is 1. The first kappa shape index (κ1) is 16.0. The monoisotopic (exact) mass is 299 g/mol. The number of benzene rings is 1. The maximum Gasteiger partial charge on any atom is 0.355 e. The van der Waals surface area contributed by atoms with Crippen LogP contribution in [0.3, 0.4) is 0 Å². The number of rotatable bonds is 4. The molecule has 0 atom stereocenters. The third-order valence-corrected chi connectivity index (χ3v) is 3.50. The molecule has 1 aromatic heterocycles. The van der Waals surface area contributed by atoms with Crippen LogP contribution < -0.4 is 0 Å². The largest absolute Gasteiger partial charge is 0.456 e. The van der Waals surface area contributed by atoms with Crippen LogP contribution in [0, 0.1) is 0 Å². The molecule has 2 aromatic rings. The van der Waals surface area contributed by atoms with Crippen LogP contribution in [0.2, 0.25) is 0 Å². The molecule has 0 aliphatic carbocycles. The van der Waals surface area contributed by atoms with Crippen LogP contribution in [0.5, 0.6) is 0 Å². The summed E-state index contributed by atoms with van der Waals surface area (Å²) in [7, 11) is 0. The average Bonchev–Trinajstić information content (AvgIpc) is 2.94. The van der Waals surface area contributed by atoms with Gasteiger partial charge in [-0.15, -0.1) is 0 Å². The van der Waals surface area contributed by atoms with Gasteiger partial charge < -0.3 is 9.72 Å². The standard InChI is InChI=1S/C18H21NO3/c1-12(20)14-9-16(19-10-14)17(21)22-11-13-5-7-15(8-6-13)18(2,3)4/h5-10,19H,11H2,1-4H3. The summed E-state index contributed by atoms with van der Waals surface area (Å²) in [5.41, 5.74) is 3.03. The smallest absolute Gasteiger partial charge is 0.355 e. The minimum Gasteiger partial charge on any atom is -0.456 e. The molecule has 0 unspecified atom stereocenters. The first-order valence-electron chi connectivity index (χ1n) is 7.23. The molecule has 4 heteroatoms. The van der Waals surface area contributed by atoms with E-state index in [2.05, 4.69) is 25.8 Å². The van der Waals surface area contributed by atoms with Gasteiger partial charge in [-0.2, -0.15) is 0 Å². The Balaban J connectivity index is 1.97. The van der Waals surface area contributed by atoms with Gasteiger partial charge in [0.2, 0.25) is 0 Å². The summed E-state index contributed by atoms with van der Waals surface area (Å²) < 4.78 is 5.25. The molecule has 116 valence electrons. The van der Waals surface area contributed by atoms with Crippen molar-refractivity contribution in [1.29, 1.82) is 0 Å². The van der Waals surface area contributed by atoms with E-state index >= 15 is 0 Å². The Morgan fingerprint density at radius 1 is 1.14 bits per heavy atom. The number of nitrogens with one attached hydrogen (secondary N) is 1. The molecule has 1 heterocycles. The fourth-order valence-electron chi connectivity index (χ4n) is 2.04. The number of ketones is 1. The molecular weight excluding hydrogens is 278 g/mol. The highest BCUT2D eigenvalue weighted by atomic mass is 16.5. The number of Topliss-reactive ketones (excluding diaryl/α,β-unsaturated/α-hetero) is 1. The van der Waals surface area contributed by atoms with Gasteiger partial charge in [0.1, 0.15) is 12.3 Å². The molecule has 22 heavy (non-hydrogen) atoms. The molecular formula is C18H21NO3. The number of carbonyl (C=O) groups is 2. The normalized spacial score (nSPS) is 11.3. The number of carbonyl (C=O) groups excluding carboxylic acids is 2. The lowest BCUT2D eigenvalue weighted by Gasteiger charge is -2.19. The molecule has 0 aliphatic rings. The van der Waals surface area contributed by atoms with E-state index in [1.165, 1.54) is 24.8 Å². The first-order chi connectivity index (χ1) is 10.3. The van der Waals surface area contributed by atoms with E-state index in [1.807, 2.05) is 24.3 Å². The topological polar surface area (TPSA) is 59.2 Å². The SMILES string of the molecule is CC(=O)c1c[nH]c(C(=O)OCc2ccc(C(C)(C)C)cc2)c1. The summed E-state index contributed by atoms with van der Waals surface area (Å²) >= 11 is 0. The Kier molecular flexibility index (Phi) is 4.50. The van der Waals surface area contributed by atoms with Crippen LogP contribution >= 0.6 is 0 Å². The molecule has 4 nitrogen and oxygen atoms in total. The number of esters is 1. The fraction of sp³-hybridized carbons (Fsp3) is 0.333. The van der Waals surface area contributed by atoms with Crippen molar-refractivity contribution in [3.63, 3.8) is 0 Å². The molecule has 1 aromatic carbocycles. The molecule has 0 saturated carbocycles. The second-order valence-electron chi connectivity index (χ2n) is 6.38. The fourth-order valence-corrected chi connectivity index (χ4v) is 2.04. The third kappa shape index (κ3) is 3.85. The Bertz CT molecular complexity index is 675. The average molecular weight is 299 g/mol. The first-order valence-corrected chi connectivity index (χ1v) is 7.23. The quantitative estimate of drug-likeness (QED) is 0.688. The second kappa shape index (κ2) is 6.18. The van der Waals surface area contributed by atoms with Crippen LogP contribution in [-0.2, 0) is 16.8 Å². The van der Waals surface area contributed by atoms with Crippen molar-refractivity contribution < 1.29 is 14.3 Å². The Labute approximate surface area is 130 Å². The minimum atomic E-state index is -0.465. The lowest BCUT2D eigenvalue weighted by Crippen LogP contribution is -2.11. The van der Waals surface area contributed by atoms with Crippen molar-refractivity contribution in [1.82, 2.24) is 4.98 Å². The van der Waals surface area contributed by atoms with Crippen LogP contribution in [0.15, 0.2) is 36.5 Å². The van der Waals surface area contributed by atoms with E-state index < -0.39 is 5.97 Å². The predicted octanol–water partition coefficient (Wildman–Crippen LogP) is 3.87. The lowest BCUT2D eigenvalue weighted by atomic mass is 9.87. The summed E-state index contributed by atoms with van der Waals surface area (Å²) in [6.07, 6.45) is 1.51. The number of aromatic nitrogens is 1. The zero-order valence-electron chi connectivity index (χ0n) is 13.4. The van der Waals surface area contributed by atoms with Gasteiger partial charge in [0.15, 0.2) is 5.78 Å². The zero-order valence-corrected chi connectivity index (χ0v) is 13.4. The Morgan fingerprint density at radius 2 is 1.77 bits per heavy atom. The predicted molar refractivity (Wildman–Crippen MR) is 85.1 cm³/mol. The number of hydrogen-bond acceptors (Lipinski definition) is 3. The maximum atomic E-state index is 11.9. The van der Waals surface area contributed by atoms with Gasteiger partial charge in [-0.25, -0.2) is 4.79 Å². The highest BCUT2D eigenvalue weighted by molar-refractivity contribution is 5.97. The summed E-state index contributed by atoms with van der Waals surface area (Å²) in [6.45, 7) is 8.12. The molecule has 0 aliphatic heterocycles. The molecule has 1 N–H and O–H groups in total.